The Hall–Kier alpha value is -1.52. The molecule has 0 aromatic heterocycles. The molecular weight excluding hydrogens is 238 g/mol. The number of nitrogens with two attached hydrogens (primary N) is 1. The standard InChI is InChI=1S/C10H16N2.2C2H6.CH5NO/c1-6-10(8(4)11)9(5)12-7(2)3;2*1-2;1-2-3/h6,12H,1-2,4,11H2,3,5H3;2*1-2H3;2-3H,1H3/b10-9+;;;. The van der Waals surface area contributed by atoms with Crippen LogP contribution in [0, 0.1) is 0 Å². The second kappa shape index (κ2) is 21.7. The number of allylic oxidation sites excluding steroid dienone is 3. The summed E-state index contributed by atoms with van der Waals surface area (Å²) in [6.07, 6.45) is 1.67. The third kappa shape index (κ3) is 22.2. The van der Waals surface area contributed by atoms with Crippen LogP contribution < -0.4 is 16.5 Å². The zero-order chi connectivity index (χ0) is 16.4. The van der Waals surface area contributed by atoms with Gasteiger partial charge in [-0.05, 0) is 13.8 Å². The Morgan fingerprint density at radius 3 is 1.58 bits per heavy atom. The van der Waals surface area contributed by atoms with Gasteiger partial charge in [0.25, 0.3) is 0 Å². The van der Waals surface area contributed by atoms with Crippen molar-refractivity contribution in [3.63, 3.8) is 0 Å². The van der Waals surface area contributed by atoms with E-state index < -0.39 is 0 Å². The van der Waals surface area contributed by atoms with E-state index in [-0.39, 0.29) is 0 Å². The van der Waals surface area contributed by atoms with Gasteiger partial charge in [-0.3, -0.25) is 0 Å². The van der Waals surface area contributed by atoms with Crippen molar-refractivity contribution in [3.8, 4) is 0 Å². The van der Waals surface area contributed by atoms with Crippen molar-refractivity contribution in [2.75, 3.05) is 7.05 Å². The number of hydroxylamine groups is 1. The van der Waals surface area contributed by atoms with Crippen LogP contribution in [0.1, 0.15) is 41.5 Å². The quantitative estimate of drug-likeness (QED) is 0.465. The molecule has 0 saturated carbocycles. The van der Waals surface area contributed by atoms with E-state index in [1.165, 1.54) is 7.05 Å². The van der Waals surface area contributed by atoms with E-state index in [0.717, 1.165) is 17.0 Å². The number of hydrogen-bond acceptors (Lipinski definition) is 4. The lowest BCUT2D eigenvalue weighted by molar-refractivity contribution is 0.194. The van der Waals surface area contributed by atoms with Crippen LogP contribution in [0.3, 0.4) is 0 Å². The molecule has 5 N–H and O–H groups in total. The van der Waals surface area contributed by atoms with E-state index in [2.05, 4.69) is 25.1 Å². The number of rotatable bonds is 4. The summed E-state index contributed by atoms with van der Waals surface area (Å²) in [5.74, 6) is 0. The SMILES string of the molecule is C=C/C(C(=C)N)=C(/C)NC(=C)C.CC.CC.CNO. The molecule has 4 heteroatoms. The molecule has 0 aliphatic carbocycles. The number of nitrogens with one attached hydrogen (secondary N) is 2. The molecule has 0 spiro atoms. The summed E-state index contributed by atoms with van der Waals surface area (Å²) < 4.78 is 0. The van der Waals surface area contributed by atoms with E-state index in [9.17, 15) is 0 Å². The largest absolute Gasteiger partial charge is 0.399 e. The first-order valence-electron chi connectivity index (χ1n) is 6.42. The van der Waals surface area contributed by atoms with Crippen molar-refractivity contribution in [3.05, 3.63) is 48.5 Å². The Bertz CT molecular complexity index is 269. The second-order valence-electron chi connectivity index (χ2n) is 2.90. The Labute approximate surface area is 119 Å². The molecule has 4 nitrogen and oxygen atoms in total. The maximum absolute atomic E-state index is 7.32. The molecule has 19 heavy (non-hydrogen) atoms. The monoisotopic (exact) mass is 271 g/mol. The van der Waals surface area contributed by atoms with Gasteiger partial charge in [-0.25, -0.2) is 5.48 Å². The molecule has 0 unspecified atom stereocenters. The molecular formula is C15H33N3O. The second-order valence-corrected chi connectivity index (χ2v) is 2.90. The molecule has 0 aromatic carbocycles. The molecule has 0 fully saturated rings. The summed E-state index contributed by atoms with van der Waals surface area (Å²) in [6, 6.07) is 0. The molecule has 0 rings (SSSR count). The first-order valence-corrected chi connectivity index (χ1v) is 6.42. The maximum Gasteiger partial charge on any atom is 0.0331 e. The highest BCUT2D eigenvalue weighted by Gasteiger charge is 1.98. The lowest BCUT2D eigenvalue weighted by Crippen LogP contribution is -2.11. The van der Waals surface area contributed by atoms with Crippen LogP contribution in [-0.2, 0) is 0 Å². The predicted octanol–water partition coefficient (Wildman–Crippen LogP) is 3.69. The fourth-order valence-electron chi connectivity index (χ4n) is 0.912. The van der Waals surface area contributed by atoms with Crippen molar-refractivity contribution >= 4 is 0 Å². The topological polar surface area (TPSA) is 70.3 Å². The van der Waals surface area contributed by atoms with Crippen LogP contribution in [0.25, 0.3) is 0 Å². The molecule has 0 heterocycles. The van der Waals surface area contributed by atoms with Gasteiger partial charge in [0.15, 0.2) is 0 Å². The summed E-state index contributed by atoms with van der Waals surface area (Å²) in [5.41, 5.74) is 10.4. The van der Waals surface area contributed by atoms with Crippen LogP contribution in [0.2, 0.25) is 0 Å². The highest BCUT2D eigenvalue weighted by molar-refractivity contribution is 5.38. The minimum Gasteiger partial charge on any atom is -0.399 e. The summed E-state index contributed by atoms with van der Waals surface area (Å²) in [4.78, 5) is 0. The van der Waals surface area contributed by atoms with Gasteiger partial charge in [-0.1, -0.05) is 53.5 Å². The Morgan fingerprint density at radius 2 is 1.42 bits per heavy atom. The maximum atomic E-state index is 7.32. The van der Waals surface area contributed by atoms with E-state index >= 15 is 0 Å². The van der Waals surface area contributed by atoms with Gasteiger partial charge < -0.3 is 16.3 Å². The van der Waals surface area contributed by atoms with Crippen molar-refractivity contribution in [1.82, 2.24) is 10.8 Å². The third-order valence-electron chi connectivity index (χ3n) is 1.35. The summed E-state index contributed by atoms with van der Waals surface area (Å²) >= 11 is 0. The van der Waals surface area contributed by atoms with E-state index in [0.29, 0.717) is 5.70 Å². The Balaban J connectivity index is -0.000000136. The zero-order valence-electron chi connectivity index (χ0n) is 13.7. The molecule has 0 aromatic rings. The van der Waals surface area contributed by atoms with Crippen molar-refractivity contribution in [1.29, 1.82) is 0 Å². The van der Waals surface area contributed by atoms with E-state index in [1.54, 1.807) is 11.6 Å². The summed E-state index contributed by atoms with van der Waals surface area (Å²) in [6.45, 7) is 22.8. The average molecular weight is 271 g/mol. The summed E-state index contributed by atoms with van der Waals surface area (Å²) in [7, 11) is 1.43. The van der Waals surface area contributed by atoms with E-state index in [4.69, 9.17) is 10.9 Å². The molecule has 0 aliphatic rings. The van der Waals surface area contributed by atoms with Gasteiger partial charge in [0, 0.05) is 29.7 Å². The molecule has 0 radical (unpaired) electrons. The van der Waals surface area contributed by atoms with Crippen LogP contribution in [0.15, 0.2) is 48.5 Å². The van der Waals surface area contributed by atoms with Crippen molar-refractivity contribution in [2.45, 2.75) is 41.5 Å². The van der Waals surface area contributed by atoms with Gasteiger partial charge in [0.1, 0.15) is 0 Å². The lowest BCUT2D eigenvalue weighted by Gasteiger charge is -2.10. The van der Waals surface area contributed by atoms with Crippen LogP contribution in [0.4, 0.5) is 0 Å². The van der Waals surface area contributed by atoms with Crippen LogP contribution in [-0.4, -0.2) is 12.3 Å². The molecule has 0 amide bonds. The van der Waals surface area contributed by atoms with Gasteiger partial charge >= 0.3 is 0 Å². The Kier molecular flexibility index (Phi) is 29.9. The minimum absolute atomic E-state index is 0.510. The van der Waals surface area contributed by atoms with Crippen molar-refractivity contribution < 1.29 is 5.21 Å². The van der Waals surface area contributed by atoms with Gasteiger partial charge in [0.05, 0.1) is 0 Å². The number of hydrogen-bond donors (Lipinski definition) is 4. The van der Waals surface area contributed by atoms with Gasteiger partial charge in [-0.15, -0.1) is 0 Å². The fourth-order valence-corrected chi connectivity index (χ4v) is 0.912. The van der Waals surface area contributed by atoms with Gasteiger partial charge in [0.2, 0.25) is 0 Å². The predicted molar refractivity (Wildman–Crippen MR) is 87.7 cm³/mol. The average Bonchev–Trinajstić information content (AvgIpc) is 2.34. The fraction of sp³-hybridized carbons (Fsp3) is 0.467. The first kappa shape index (κ1) is 26.1. The smallest absolute Gasteiger partial charge is 0.0331 e. The highest BCUT2D eigenvalue weighted by Crippen LogP contribution is 2.08. The molecule has 0 aliphatic heterocycles. The third-order valence-corrected chi connectivity index (χ3v) is 1.35. The van der Waals surface area contributed by atoms with Gasteiger partial charge in [-0.2, -0.15) is 0 Å². The summed E-state index contributed by atoms with van der Waals surface area (Å²) in [5, 5.41) is 10.4. The van der Waals surface area contributed by atoms with E-state index in [1.807, 2.05) is 41.5 Å². The van der Waals surface area contributed by atoms with Crippen molar-refractivity contribution in [2.24, 2.45) is 5.73 Å². The normalized spacial score (nSPS) is 8.84. The lowest BCUT2D eigenvalue weighted by atomic mass is 10.1. The molecule has 114 valence electrons. The highest BCUT2D eigenvalue weighted by atomic mass is 16.5. The van der Waals surface area contributed by atoms with Crippen LogP contribution in [0.5, 0.6) is 0 Å². The molecule has 0 saturated heterocycles. The first-order chi connectivity index (χ1) is 8.90. The molecule has 0 atom stereocenters. The minimum atomic E-state index is 0.510. The van der Waals surface area contributed by atoms with Crippen LogP contribution >= 0.6 is 0 Å². The molecule has 0 bridgehead atoms. The Morgan fingerprint density at radius 1 is 1.11 bits per heavy atom. The zero-order valence-corrected chi connectivity index (χ0v) is 13.7.